The standard InChI is InChI=1S/C18H21NO/c1-2-13-3-5-14(6-4-13)12-19-18-10-7-15-11-16(20)8-9-17(15)18/h3-6,8-9,11,18-20H,2,7,10,12H2,1H3. The van der Waals surface area contributed by atoms with Gasteiger partial charge in [0.25, 0.3) is 0 Å². The normalized spacial score (nSPS) is 17.1. The SMILES string of the molecule is CCc1ccc(CNC2CCc3cc(O)ccc32)cc1. The van der Waals surface area contributed by atoms with E-state index < -0.39 is 0 Å². The maximum atomic E-state index is 9.52. The average molecular weight is 267 g/mol. The van der Waals surface area contributed by atoms with Crippen molar-refractivity contribution in [3.63, 3.8) is 0 Å². The molecule has 0 radical (unpaired) electrons. The Hall–Kier alpha value is -1.80. The predicted octanol–water partition coefficient (Wildman–Crippen LogP) is 3.73. The van der Waals surface area contributed by atoms with Gasteiger partial charge in [-0.3, -0.25) is 0 Å². The van der Waals surface area contributed by atoms with Crippen molar-refractivity contribution in [2.75, 3.05) is 0 Å². The molecular formula is C18H21NO. The average Bonchev–Trinajstić information content (AvgIpc) is 2.88. The van der Waals surface area contributed by atoms with E-state index in [1.807, 2.05) is 6.07 Å². The highest BCUT2D eigenvalue weighted by atomic mass is 16.3. The topological polar surface area (TPSA) is 32.3 Å². The number of phenolic OH excluding ortho intramolecular Hbond substituents is 1. The van der Waals surface area contributed by atoms with Crippen LogP contribution in [0.5, 0.6) is 5.75 Å². The van der Waals surface area contributed by atoms with Gasteiger partial charge in [-0.25, -0.2) is 0 Å². The smallest absolute Gasteiger partial charge is 0.115 e. The molecule has 0 aromatic heterocycles. The van der Waals surface area contributed by atoms with Crippen LogP contribution >= 0.6 is 0 Å². The third kappa shape index (κ3) is 2.70. The zero-order valence-electron chi connectivity index (χ0n) is 11.9. The highest BCUT2D eigenvalue weighted by molar-refractivity contribution is 5.40. The summed E-state index contributed by atoms with van der Waals surface area (Å²) < 4.78 is 0. The minimum Gasteiger partial charge on any atom is -0.508 e. The molecule has 0 amide bonds. The number of phenols is 1. The number of aromatic hydroxyl groups is 1. The van der Waals surface area contributed by atoms with Crippen LogP contribution < -0.4 is 5.32 Å². The van der Waals surface area contributed by atoms with Gasteiger partial charge in [0.05, 0.1) is 0 Å². The van der Waals surface area contributed by atoms with Crippen molar-refractivity contribution in [2.45, 2.75) is 38.8 Å². The third-order valence-electron chi connectivity index (χ3n) is 4.19. The summed E-state index contributed by atoms with van der Waals surface area (Å²) in [6.07, 6.45) is 3.26. The van der Waals surface area contributed by atoms with Crippen LogP contribution in [0.25, 0.3) is 0 Å². The molecule has 1 atom stereocenters. The lowest BCUT2D eigenvalue weighted by molar-refractivity contribution is 0.474. The first kappa shape index (κ1) is 13.2. The molecule has 1 aliphatic rings. The molecule has 2 N–H and O–H groups in total. The van der Waals surface area contributed by atoms with Gasteiger partial charge >= 0.3 is 0 Å². The number of hydrogen-bond acceptors (Lipinski definition) is 2. The second kappa shape index (κ2) is 5.68. The van der Waals surface area contributed by atoms with Crippen molar-refractivity contribution in [2.24, 2.45) is 0 Å². The van der Waals surface area contributed by atoms with Gasteiger partial charge in [0.2, 0.25) is 0 Å². The minimum atomic E-state index is 0.375. The van der Waals surface area contributed by atoms with Crippen LogP contribution in [0.4, 0.5) is 0 Å². The van der Waals surface area contributed by atoms with Crippen LogP contribution in [0.2, 0.25) is 0 Å². The molecule has 0 fully saturated rings. The molecule has 0 saturated carbocycles. The lowest BCUT2D eigenvalue weighted by Crippen LogP contribution is -2.18. The zero-order chi connectivity index (χ0) is 13.9. The fourth-order valence-corrected chi connectivity index (χ4v) is 2.95. The van der Waals surface area contributed by atoms with Crippen molar-refractivity contribution in [1.29, 1.82) is 0 Å². The van der Waals surface area contributed by atoms with E-state index in [1.54, 1.807) is 6.07 Å². The zero-order valence-corrected chi connectivity index (χ0v) is 11.9. The van der Waals surface area contributed by atoms with E-state index in [0.717, 1.165) is 25.8 Å². The van der Waals surface area contributed by atoms with Crippen LogP contribution in [-0.2, 0) is 19.4 Å². The lowest BCUT2D eigenvalue weighted by atomic mass is 10.1. The third-order valence-corrected chi connectivity index (χ3v) is 4.19. The van der Waals surface area contributed by atoms with Crippen molar-refractivity contribution in [3.05, 3.63) is 64.7 Å². The van der Waals surface area contributed by atoms with E-state index in [9.17, 15) is 5.11 Å². The number of rotatable bonds is 4. The van der Waals surface area contributed by atoms with E-state index in [-0.39, 0.29) is 0 Å². The van der Waals surface area contributed by atoms with Crippen molar-refractivity contribution < 1.29 is 5.11 Å². The highest BCUT2D eigenvalue weighted by Gasteiger charge is 2.21. The Balaban J connectivity index is 1.65. The van der Waals surface area contributed by atoms with Crippen LogP contribution in [0.15, 0.2) is 42.5 Å². The molecule has 0 aliphatic heterocycles. The van der Waals surface area contributed by atoms with Crippen LogP contribution in [0, 0.1) is 0 Å². The lowest BCUT2D eigenvalue weighted by Gasteiger charge is -2.14. The Kier molecular flexibility index (Phi) is 3.75. The first-order chi connectivity index (χ1) is 9.76. The fourth-order valence-electron chi connectivity index (χ4n) is 2.95. The summed E-state index contributed by atoms with van der Waals surface area (Å²) >= 11 is 0. The van der Waals surface area contributed by atoms with Gasteiger partial charge in [0.15, 0.2) is 0 Å². The second-order valence-corrected chi connectivity index (χ2v) is 5.53. The van der Waals surface area contributed by atoms with Crippen LogP contribution in [0.1, 0.15) is 41.6 Å². The molecule has 2 aromatic carbocycles. The van der Waals surface area contributed by atoms with Gasteiger partial charge in [-0.05, 0) is 53.6 Å². The molecule has 0 bridgehead atoms. The van der Waals surface area contributed by atoms with Crippen molar-refractivity contribution >= 4 is 0 Å². The highest BCUT2D eigenvalue weighted by Crippen LogP contribution is 2.33. The predicted molar refractivity (Wildman–Crippen MR) is 81.8 cm³/mol. The molecule has 0 heterocycles. The second-order valence-electron chi connectivity index (χ2n) is 5.53. The largest absolute Gasteiger partial charge is 0.508 e. The maximum Gasteiger partial charge on any atom is 0.115 e. The van der Waals surface area contributed by atoms with Gasteiger partial charge in [-0.2, -0.15) is 0 Å². The molecule has 2 aromatic rings. The minimum absolute atomic E-state index is 0.375. The summed E-state index contributed by atoms with van der Waals surface area (Å²) in [5.74, 6) is 0.375. The molecule has 1 unspecified atom stereocenters. The number of fused-ring (bicyclic) bond motifs is 1. The summed E-state index contributed by atoms with van der Waals surface area (Å²) in [4.78, 5) is 0. The van der Waals surface area contributed by atoms with Crippen LogP contribution in [-0.4, -0.2) is 5.11 Å². The fraction of sp³-hybridized carbons (Fsp3) is 0.333. The van der Waals surface area contributed by atoms with E-state index in [0.29, 0.717) is 11.8 Å². The van der Waals surface area contributed by atoms with Gasteiger partial charge in [0.1, 0.15) is 5.75 Å². The molecule has 0 saturated heterocycles. The van der Waals surface area contributed by atoms with Gasteiger partial charge in [-0.1, -0.05) is 37.3 Å². The van der Waals surface area contributed by atoms with E-state index in [2.05, 4.69) is 42.6 Å². The van der Waals surface area contributed by atoms with Gasteiger partial charge in [0, 0.05) is 12.6 Å². The summed E-state index contributed by atoms with van der Waals surface area (Å²) in [7, 11) is 0. The van der Waals surface area contributed by atoms with E-state index >= 15 is 0 Å². The van der Waals surface area contributed by atoms with Gasteiger partial charge < -0.3 is 10.4 Å². The number of aryl methyl sites for hydroxylation is 2. The van der Waals surface area contributed by atoms with Gasteiger partial charge in [-0.15, -0.1) is 0 Å². The van der Waals surface area contributed by atoms with Crippen molar-refractivity contribution in [1.82, 2.24) is 5.32 Å². The molecule has 2 heteroatoms. The Morgan fingerprint density at radius 1 is 1.10 bits per heavy atom. The monoisotopic (exact) mass is 267 g/mol. The summed E-state index contributed by atoms with van der Waals surface area (Å²) in [6, 6.07) is 15.0. The molecular weight excluding hydrogens is 246 g/mol. The first-order valence-electron chi connectivity index (χ1n) is 7.39. The number of hydrogen-bond donors (Lipinski definition) is 2. The molecule has 0 spiro atoms. The van der Waals surface area contributed by atoms with E-state index in [1.165, 1.54) is 22.3 Å². The molecule has 20 heavy (non-hydrogen) atoms. The Labute approximate surface area is 120 Å². The Bertz CT molecular complexity index is 589. The quantitative estimate of drug-likeness (QED) is 0.884. The number of nitrogens with one attached hydrogen (secondary N) is 1. The molecule has 104 valence electrons. The maximum absolute atomic E-state index is 9.52. The van der Waals surface area contributed by atoms with E-state index in [4.69, 9.17) is 0 Å². The van der Waals surface area contributed by atoms with Crippen molar-refractivity contribution in [3.8, 4) is 5.75 Å². The first-order valence-corrected chi connectivity index (χ1v) is 7.39. The van der Waals surface area contributed by atoms with Crippen LogP contribution in [0.3, 0.4) is 0 Å². The Morgan fingerprint density at radius 2 is 1.85 bits per heavy atom. The summed E-state index contributed by atoms with van der Waals surface area (Å²) in [6.45, 7) is 3.08. The number of benzene rings is 2. The summed E-state index contributed by atoms with van der Waals surface area (Å²) in [5.41, 5.74) is 5.33. The summed E-state index contributed by atoms with van der Waals surface area (Å²) in [5, 5.41) is 13.1. The molecule has 3 rings (SSSR count). The Morgan fingerprint density at radius 3 is 2.60 bits per heavy atom. The molecule has 2 nitrogen and oxygen atoms in total. The molecule has 1 aliphatic carbocycles.